The average Bonchev–Trinajstić information content (AvgIpc) is 3.05. The highest BCUT2D eigenvalue weighted by atomic mass is 16.2. The van der Waals surface area contributed by atoms with E-state index < -0.39 is 5.91 Å². The lowest BCUT2D eigenvalue weighted by Gasteiger charge is -2.22. The van der Waals surface area contributed by atoms with Gasteiger partial charge in [0.1, 0.15) is 5.71 Å². The Balaban J connectivity index is 1.57. The fraction of sp³-hybridized carbons (Fsp3) is 0.125. The Morgan fingerprint density at radius 3 is 2.76 bits per heavy atom. The van der Waals surface area contributed by atoms with Crippen LogP contribution in [0.1, 0.15) is 12.8 Å². The van der Waals surface area contributed by atoms with Crippen LogP contribution in [0.5, 0.6) is 0 Å². The van der Waals surface area contributed by atoms with E-state index in [2.05, 4.69) is 25.5 Å². The number of fused-ring (bicyclic) bond motifs is 1. The number of benzene rings is 1. The van der Waals surface area contributed by atoms with Gasteiger partial charge < -0.3 is 0 Å². The lowest BCUT2D eigenvalue weighted by molar-refractivity contribution is -0.118. The van der Waals surface area contributed by atoms with E-state index in [4.69, 9.17) is 0 Å². The van der Waals surface area contributed by atoms with Gasteiger partial charge in [-0.2, -0.15) is 10.1 Å². The maximum atomic E-state index is 12.4. The van der Waals surface area contributed by atoms with Gasteiger partial charge in [0.25, 0.3) is 17.6 Å². The van der Waals surface area contributed by atoms with Crippen LogP contribution in [0.15, 0.2) is 53.9 Å². The topological polar surface area (TPSA) is 105 Å². The minimum absolute atomic E-state index is 0.134. The van der Waals surface area contributed by atoms with Crippen molar-refractivity contribution < 1.29 is 9.59 Å². The number of nitrogens with zero attached hydrogens (tertiary/aromatic N) is 6. The fourth-order valence-corrected chi connectivity index (χ4v) is 2.45. The number of carbonyl (C=O) groups is 2. The number of amides is 2. The maximum Gasteiger partial charge on any atom is 0.274 e. The first-order valence-corrected chi connectivity index (χ1v) is 7.65. The Hall–Kier alpha value is -3.62. The van der Waals surface area contributed by atoms with Crippen molar-refractivity contribution in [2.45, 2.75) is 12.8 Å². The average molecular weight is 335 g/mol. The Labute approximate surface area is 142 Å². The summed E-state index contributed by atoms with van der Waals surface area (Å²) in [6, 6.07) is 10.7. The van der Waals surface area contributed by atoms with E-state index in [1.165, 1.54) is 9.52 Å². The van der Waals surface area contributed by atoms with E-state index in [1.54, 1.807) is 42.7 Å². The van der Waals surface area contributed by atoms with Gasteiger partial charge in [-0.25, -0.2) is 14.5 Å². The quantitative estimate of drug-likeness (QED) is 0.775. The Morgan fingerprint density at radius 2 is 1.96 bits per heavy atom. The normalized spacial score (nSPS) is 14.5. The zero-order valence-electron chi connectivity index (χ0n) is 13.0. The number of hydrogen-bond donors (Lipinski definition) is 1. The summed E-state index contributed by atoms with van der Waals surface area (Å²) < 4.78 is 1.46. The number of anilines is 2. The molecule has 1 aromatic carbocycles. The van der Waals surface area contributed by atoms with E-state index in [0.717, 1.165) is 0 Å². The second-order valence-corrected chi connectivity index (χ2v) is 5.34. The highest BCUT2D eigenvalue weighted by Crippen LogP contribution is 2.20. The molecule has 2 aromatic heterocycles. The molecule has 0 saturated heterocycles. The third kappa shape index (κ3) is 2.94. The van der Waals surface area contributed by atoms with Crippen LogP contribution in [-0.4, -0.2) is 37.1 Å². The predicted molar refractivity (Wildman–Crippen MR) is 90.0 cm³/mol. The van der Waals surface area contributed by atoms with E-state index in [9.17, 15) is 9.59 Å². The molecule has 124 valence electrons. The summed E-state index contributed by atoms with van der Waals surface area (Å²) in [5.41, 5.74) is 0.864. The molecule has 0 aliphatic carbocycles. The molecule has 1 aliphatic heterocycles. The Bertz CT molecular complexity index is 947. The molecule has 1 N–H and O–H groups in total. The molecule has 0 saturated carbocycles. The van der Waals surface area contributed by atoms with Crippen molar-refractivity contribution in [2.24, 2.45) is 5.10 Å². The van der Waals surface area contributed by atoms with Crippen molar-refractivity contribution in [3.63, 3.8) is 0 Å². The monoisotopic (exact) mass is 335 g/mol. The highest BCUT2D eigenvalue weighted by Gasteiger charge is 2.26. The zero-order chi connectivity index (χ0) is 17.2. The number of hydrogen-bond acceptors (Lipinski definition) is 6. The first kappa shape index (κ1) is 14.9. The van der Waals surface area contributed by atoms with Crippen LogP contribution in [0.3, 0.4) is 0 Å². The summed E-state index contributed by atoms with van der Waals surface area (Å²) in [6.07, 6.45) is 3.74. The van der Waals surface area contributed by atoms with Gasteiger partial charge in [-0.15, -0.1) is 5.10 Å². The minimum Gasteiger partial charge on any atom is -0.288 e. The van der Waals surface area contributed by atoms with Crippen LogP contribution >= 0.6 is 0 Å². The van der Waals surface area contributed by atoms with Gasteiger partial charge in [0.05, 0.1) is 5.69 Å². The van der Waals surface area contributed by atoms with Crippen LogP contribution in [0.4, 0.5) is 11.6 Å². The summed E-state index contributed by atoms with van der Waals surface area (Å²) >= 11 is 0. The van der Waals surface area contributed by atoms with Crippen molar-refractivity contribution in [1.29, 1.82) is 0 Å². The molecular weight excluding hydrogens is 322 g/mol. The third-order valence-corrected chi connectivity index (χ3v) is 3.64. The largest absolute Gasteiger partial charge is 0.288 e. The summed E-state index contributed by atoms with van der Waals surface area (Å²) in [4.78, 5) is 32.7. The molecule has 1 aliphatic rings. The van der Waals surface area contributed by atoms with Crippen LogP contribution in [0.25, 0.3) is 5.78 Å². The molecule has 0 radical (unpaired) electrons. The van der Waals surface area contributed by atoms with Gasteiger partial charge in [-0.05, 0) is 18.2 Å². The molecule has 0 fully saturated rings. The number of para-hydroxylation sites is 1. The maximum absolute atomic E-state index is 12.4. The minimum atomic E-state index is -0.440. The predicted octanol–water partition coefficient (Wildman–Crippen LogP) is 1.25. The summed E-state index contributed by atoms with van der Waals surface area (Å²) in [7, 11) is 0. The van der Waals surface area contributed by atoms with Crippen molar-refractivity contribution in [1.82, 2.24) is 19.6 Å². The summed E-state index contributed by atoms with van der Waals surface area (Å²) in [5.74, 6) is -0.0822. The molecule has 9 heteroatoms. The van der Waals surface area contributed by atoms with Crippen molar-refractivity contribution >= 4 is 34.9 Å². The first-order valence-electron chi connectivity index (χ1n) is 7.65. The highest BCUT2D eigenvalue weighted by molar-refractivity contribution is 6.44. The number of hydrazone groups is 1. The van der Waals surface area contributed by atoms with Gasteiger partial charge in [0.2, 0.25) is 5.91 Å². The van der Waals surface area contributed by atoms with E-state index >= 15 is 0 Å². The SMILES string of the molecule is O=C(Nc1nc2ncccn2n1)C1=NN(c2ccccc2)C(=O)CC1. The van der Waals surface area contributed by atoms with E-state index in [1.807, 2.05) is 6.07 Å². The summed E-state index contributed by atoms with van der Waals surface area (Å²) in [5, 5.41) is 12.2. The molecule has 3 aromatic rings. The second-order valence-electron chi connectivity index (χ2n) is 5.34. The molecular formula is C16H13N7O2. The van der Waals surface area contributed by atoms with Crippen molar-refractivity contribution in [3.8, 4) is 0 Å². The third-order valence-electron chi connectivity index (χ3n) is 3.64. The van der Waals surface area contributed by atoms with Gasteiger partial charge in [-0.3, -0.25) is 14.9 Å². The molecule has 0 bridgehead atoms. The molecule has 9 nitrogen and oxygen atoms in total. The number of nitrogens with one attached hydrogen (secondary N) is 1. The van der Waals surface area contributed by atoms with E-state index in [-0.39, 0.29) is 30.4 Å². The van der Waals surface area contributed by atoms with Crippen molar-refractivity contribution in [2.75, 3.05) is 10.3 Å². The Morgan fingerprint density at radius 1 is 1.12 bits per heavy atom. The number of rotatable bonds is 3. The van der Waals surface area contributed by atoms with Gasteiger partial charge in [0, 0.05) is 25.2 Å². The number of carbonyl (C=O) groups excluding carboxylic acids is 2. The molecule has 0 spiro atoms. The Kier molecular flexibility index (Phi) is 3.65. The number of aromatic nitrogens is 4. The van der Waals surface area contributed by atoms with Crippen LogP contribution < -0.4 is 10.3 Å². The second kappa shape index (κ2) is 6.11. The van der Waals surface area contributed by atoms with Gasteiger partial charge in [-0.1, -0.05) is 18.2 Å². The standard InChI is InChI=1S/C16H13N7O2/c24-13-8-7-12(20-23(13)11-5-2-1-3-6-11)14(25)18-15-19-16-17-9-4-10-22(16)21-15/h1-6,9-10H,7-8H2,(H,18,21,25). The van der Waals surface area contributed by atoms with Gasteiger partial charge in [0.15, 0.2) is 0 Å². The lowest BCUT2D eigenvalue weighted by atomic mass is 10.1. The fourth-order valence-electron chi connectivity index (χ4n) is 2.45. The first-order chi connectivity index (χ1) is 12.2. The molecule has 0 atom stereocenters. The van der Waals surface area contributed by atoms with Gasteiger partial charge >= 0.3 is 0 Å². The molecule has 2 amide bonds. The molecule has 4 rings (SSSR count). The zero-order valence-corrected chi connectivity index (χ0v) is 13.0. The molecule has 25 heavy (non-hydrogen) atoms. The molecule has 3 heterocycles. The summed E-state index contributed by atoms with van der Waals surface area (Å²) in [6.45, 7) is 0. The van der Waals surface area contributed by atoms with Crippen LogP contribution in [0.2, 0.25) is 0 Å². The van der Waals surface area contributed by atoms with Crippen LogP contribution in [0, 0.1) is 0 Å². The molecule has 0 unspecified atom stereocenters. The smallest absolute Gasteiger partial charge is 0.274 e. The van der Waals surface area contributed by atoms with E-state index in [0.29, 0.717) is 11.5 Å². The lowest BCUT2D eigenvalue weighted by Crippen LogP contribution is -2.36. The van der Waals surface area contributed by atoms with Crippen LogP contribution in [-0.2, 0) is 9.59 Å². The van der Waals surface area contributed by atoms with Crippen molar-refractivity contribution in [3.05, 3.63) is 48.8 Å².